The summed E-state index contributed by atoms with van der Waals surface area (Å²) in [6.45, 7) is 9.03. The first-order chi connectivity index (χ1) is 18.9. The predicted octanol–water partition coefficient (Wildman–Crippen LogP) is 7.78. The molecule has 0 aliphatic carbocycles. The van der Waals surface area contributed by atoms with Gasteiger partial charge in [-0.1, -0.05) is 55.5 Å². The fourth-order valence-corrected chi connectivity index (χ4v) is 5.99. The summed E-state index contributed by atoms with van der Waals surface area (Å²) in [6.07, 6.45) is 2.97. The SMILES string of the molecule is CCc1cccc(C)c1-n1c(C)cc(/C=C2\SC(=Nc3ccccc3)N(Cc3ccc(OC)cc3)C2=O)c1C. The van der Waals surface area contributed by atoms with E-state index in [0.29, 0.717) is 16.6 Å². The highest BCUT2D eigenvalue weighted by Crippen LogP contribution is 2.37. The summed E-state index contributed by atoms with van der Waals surface area (Å²) in [5, 5.41) is 0.675. The van der Waals surface area contributed by atoms with Crippen molar-refractivity contribution < 1.29 is 9.53 Å². The van der Waals surface area contributed by atoms with Gasteiger partial charge in [0, 0.05) is 11.4 Å². The maximum Gasteiger partial charge on any atom is 0.267 e. The van der Waals surface area contributed by atoms with E-state index in [2.05, 4.69) is 56.5 Å². The van der Waals surface area contributed by atoms with Crippen molar-refractivity contribution in [1.29, 1.82) is 0 Å². The first kappa shape index (κ1) is 26.6. The zero-order valence-electron chi connectivity index (χ0n) is 23.1. The molecule has 5 rings (SSSR count). The third-order valence-corrected chi connectivity index (χ3v) is 8.06. The molecule has 1 fully saturated rings. The number of carbonyl (C=O) groups is 1. The van der Waals surface area contributed by atoms with Crippen LogP contribution < -0.4 is 4.74 Å². The number of rotatable bonds is 7. The van der Waals surface area contributed by atoms with E-state index in [9.17, 15) is 4.79 Å². The second-order valence-electron chi connectivity index (χ2n) is 9.68. The van der Waals surface area contributed by atoms with Crippen molar-refractivity contribution in [1.82, 2.24) is 9.47 Å². The van der Waals surface area contributed by atoms with Crippen molar-refractivity contribution in [3.8, 4) is 11.4 Å². The lowest BCUT2D eigenvalue weighted by molar-refractivity contribution is -0.122. The third kappa shape index (κ3) is 5.43. The van der Waals surface area contributed by atoms with Crippen molar-refractivity contribution in [2.45, 2.75) is 40.7 Å². The number of thioether (sulfide) groups is 1. The normalized spacial score (nSPS) is 15.5. The Labute approximate surface area is 234 Å². The van der Waals surface area contributed by atoms with E-state index >= 15 is 0 Å². The Kier molecular flexibility index (Phi) is 7.75. The number of amidine groups is 1. The Morgan fingerprint density at radius 1 is 0.949 bits per heavy atom. The van der Waals surface area contributed by atoms with Gasteiger partial charge in [-0.05, 0) is 97.6 Å². The number of carbonyl (C=O) groups excluding carboxylic acids is 1. The molecule has 1 amide bonds. The van der Waals surface area contributed by atoms with Gasteiger partial charge in [0.1, 0.15) is 5.75 Å². The molecule has 0 spiro atoms. The lowest BCUT2D eigenvalue weighted by Crippen LogP contribution is -2.28. The lowest BCUT2D eigenvalue weighted by Gasteiger charge is -2.17. The number of amides is 1. The van der Waals surface area contributed by atoms with Crippen LogP contribution in [0.3, 0.4) is 0 Å². The van der Waals surface area contributed by atoms with E-state index in [0.717, 1.165) is 40.4 Å². The van der Waals surface area contributed by atoms with Gasteiger partial charge in [0.25, 0.3) is 5.91 Å². The van der Waals surface area contributed by atoms with Gasteiger partial charge in [-0.15, -0.1) is 0 Å². The van der Waals surface area contributed by atoms with E-state index < -0.39 is 0 Å². The fraction of sp³-hybridized carbons (Fsp3) is 0.212. The maximum absolute atomic E-state index is 13.8. The highest BCUT2D eigenvalue weighted by Gasteiger charge is 2.34. The van der Waals surface area contributed by atoms with Crippen LogP contribution in [0.15, 0.2) is 88.8 Å². The average molecular weight is 536 g/mol. The molecule has 0 unspecified atom stereocenters. The average Bonchev–Trinajstić information content (AvgIpc) is 3.38. The Balaban J connectivity index is 1.54. The minimum absolute atomic E-state index is 0.0413. The molecule has 198 valence electrons. The Hall–Kier alpha value is -4.03. The molecule has 0 radical (unpaired) electrons. The van der Waals surface area contributed by atoms with Gasteiger partial charge >= 0.3 is 0 Å². The molecule has 0 N–H and O–H groups in total. The molecule has 1 aliphatic rings. The highest BCUT2D eigenvalue weighted by molar-refractivity contribution is 8.18. The zero-order chi connectivity index (χ0) is 27.5. The van der Waals surface area contributed by atoms with Crippen LogP contribution in [0.1, 0.15) is 40.6 Å². The molecule has 0 saturated carbocycles. The van der Waals surface area contributed by atoms with Crippen LogP contribution >= 0.6 is 11.8 Å². The first-order valence-corrected chi connectivity index (χ1v) is 14.0. The summed E-state index contributed by atoms with van der Waals surface area (Å²) in [5.41, 5.74) is 8.92. The Morgan fingerprint density at radius 2 is 1.69 bits per heavy atom. The van der Waals surface area contributed by atoms with Crippen molar-refractivity contribution in [3.63, 3.8) is 0 Å². The van der Waals surface area contributed by atoms with E-state index in [1.165, 1.54) is 28.6 Å². The maximum atomic E-state index is 13.8. The van der Waals surface area contributed by atoms with Crippen molar-refractivity contribution in [3.05, 3.63) is 117 Å². The summed E-state index contributed by atoms with van der Waals surface area (Å²) in [4.78, 5) is 21.1. The summed E-state index contributed by atoms with van der Waals surface area (Å²) in [6, 6.07) is 26.2. The molecule has 4 aromatic rings. The number of hydrogen-bond acceptors (Lipinski definition) is 4. The molecule has 0 atom stereocenters. The highest BCUT2D eigenvalue weighted by atomic mass is 32.2. The summed E-state index contributed by atoms with van der Waals surface area (Å²) in [5.74, 6) is 0.746. The molecular weight excluding hydrogens is 502 g/mol. The molecule has 0 bridgehead atoms. The van der Waals surface area contributed by atoms with Gasteiger partial charge in [0.05, 0.1) is 29.9 Å². The molecular formula is C33H33N3O2S. The summed E-state index contributed by atoms with van der Waals surface area (Å²) in [7, 11) is 1.65. The molecule has 1 aromatic heterocycles. The standard InChI is InChI=1S/C33H33N3O2S/c1-6-26-12-10-11-22(2)31(26)36-23(3)19-27(24(36)4)20-30-32(37)35(21-25-15-17-29(38-5)18-16-25)33(39-30)34-28-13-8-7-9-14-28/h7-20H,6,21H2,1-5H3/b30-20-,34-33?. The number of nitrogens with zero attached hydrogens (tertiary/aromatic N) is 3. The van der Waals surface area contributed by atoms with Crippen LogP contribution in [0, 0.1) is 20.8 Å². The largest absolute Gasteiger partial charge is 0.497 e. The molecule has 1 saturated heterocycles. The predicted molar refractivity (Wildman–Crippen MR) is 162 cm³/mol. The van der Waals surface area contributed by atoms with Gasteiger partial charge < -0.3 is 9.30 Å². The number of aliphatic imine (C=N–C) groups is 1. The van der Waals surface area contributed by atoms with Crippen LogP contribution in [-0.2, 0) is 17.8 Å². The first-order valence-electron chi connectivity index (χ1n) is 13.2. The summed E-state index contributed by atoms with van der Waals surface area (Å²) >= 11 is 1.43. The number of aryl methyl sites for hydroxylation is 3. The van der Waals surface area contributed by atoms with E-state index in [4.69, 9.17) is 9.73 Å². The third-order valence-electron chi connectivity index (χ3n) is 7.05. The lowest BCUT2D eigenvalue weighted by atomic mass is 10.1. The number of benzene rings is 3. The molecule has 39 heavy (non-hydrogen) atoms. The smallest absolute Gasteiger partial charge is 0.267 e. The van der Waals surface area contributed by atoms with Crippen LogP contribution in [0.25, 0.3) is 11.8 Å². The van der Waals surface area contributed by atoms with Crippen molar-refractivity contribution in [2.24, 2.45) is 4.99 Å². The molecule has 5 nitrogen and oxygen atoms in total. The number of ether oxygens (including phenoxy) is 1. The molecule has 3 aromatic carbocycles. The van der Waals surface area contributed by atoms with E-state index in [1.807, 2.05) is 60.7 Å². The van der Waals surface area contributed by atoms with Gasteiger partial charge in [-0.3, -0.25) is 9.69 Å². The number of para-hydroxylation sites is 2. The second kappa shape index (κ2) is 11.4. The van der Waals surface area contributed by atoms with Gasteiger partial charge in [0.15, 0.2) is 5.17 Å². The minimum atomic E-state index is -0.0413. The van der Waals surface area contributed by atoms with E-state index in [-0.39, 0.29) is 5.91 Å². The monoisotopic (exact) mass is 535 g/mol. The zero-order valence-corrected chi connectivity index (χ0v) is 23.9. The molecule has 1 aliphatic heterocycles. The number of hydrogen-bond donors (Lipinski definition) is 0. The quantitative estimate of drug-likeness (QED) is 0.227. The Bertz CT molecular complexity index is 1570. The van der Waals surface area contributed by atoms with Crippen LogP contribution in [0.5, 0.6) is 5.75 Å². The molecule has 6 heteroatoms. The van der Waals surface area contributed by atoms with Gasteiger partial charge in [-0.2, -0.15) is 0 Å². The van der Waals surface area contributed by atoms with Crippen molar-refractivity contribution >= 4 is 34.6 Å². The van der Waals surface area contributed by atoms with Crippen LogP contribution in [0.2, 0.25) is 0 Å². The fourth-order valence-electron chi connectivity index (χ4n) is 5.00. The molecule has 2 heterocycles. The van der Waals surface area contributed by atoms with Crippen LogP contribution in [-0.4, -0.2) is 27.7 Å². The Morgan fingerprint density at radius 3 is 2.38 bits per heavy atom. The number of methoxy groups -OCH3 is 1. The van der Waals surface area contributed by atoms with Crippen molar-refractivity contribution in [2.75, 3.05) is 7.11 Å². The number of aromatic nitrogens is 1. The van der Waals surface area contributed by atoms with E-state index in [1.54, 1.807) is 12.0 Å². The van der Waals surface area contributed by atoms with Gasteiger partial charge in [0.2, 0.25) is 0 Å². The van der Waals surface area contributed by atoms with Crippen LogP contribution in [0.4, 0.5) is 5.69 Å². The second-order valence-corrected chi connectivity index (χ2v) is 10.7. The topological polar surface area (TPSA) is 46.8 Å². The summed E-state index contributed by atoms with van der Waals surface area (Å²) < 4.78 is 7.62. The van der Waals surface area contributed by atoms with Gasteiger partial charge in [-0.25, -0.2) is 4.99 Å². The minimum Gasteiger partial charge on any atom is -0.497 e.